The molecule has 0 aliphatic carbocycles. The first-order chi connectivity index (χ1) is 14.4. The van der Waals surface area contributed by atoms with E-state index in [1.807, 2.05) is 26.0 Å². The number of hydrogen-bond acceptors (Lipinski definition) is 5. The van der Waals surface area contributed by atoms with Crippen LogP contribution in [0.4, 0.5) is 5.69 Å². The zero-order valence-corrected chi connectivity index (χ0v) is 18.1. The van der Waals surface area contributed by atoms with Crippen LogP contribution in [-0.2, 0) is 19.7 Å². The van der Waals surface area contributed by atoms with Crippen LogP contribution in [0.2, 0.25) is 5.02 Å². The number of methoxy groups -OCH3 is 1. The van der Waals surface area contributed by atoms with E-state index in [-0.39, 0.29) is 17.6 Å². The molecule has 0 unspecified atom stereocenters. The highest BCUT2D eigenvalue weighted by Crippen LogP contribution is 2.37. The minimum absolute atomic E-state index is 0.107. The standard InChI is InChI=1S/C23H26ClNO5/c1-15(2)30-20-9-8-18(14-19(20)21(26)28-3)25-22(27)23(10-12-29-13-11-23)16-4-6-17(24)7-5-16/h4-9,14-15H,10-13H2,1-3H3,(H,25,27). The van der Waals surface area contributed by atoms with Gasteiger partial charge in [-0.2, -0.15) is 0 Å². The minimum atomic E-state index is -0.735. The van der Waals surface area contributed by atoms with Crippen LogP contribution in [0, 0.1) is 0 Å². The second-order valence-corrected chi connectivity index (χ2v) is 7.96. The molecule has 0 atom stereocenters. The van der Waals surface area contributed by atoms with E-state index in [0.717, 1.165) is 5.56 Å². The highest BCUT2D eigenvalue weighted by atomic mass is 35.5. The van der Waals surface area contributed by atoms with E-state index >= 15 is 0 Å². The molecule has 1 heterocycles. The Hall–Kier alpha value is -2.57. The third-order valence-corrected chi connectivity index (χ3v) is 5.44. The molecule has 0 spiro atoms. The van der Waals surface area contributed by atoms with Crippen LogP contribution in [0.1, 0.15) is 42.6 Å². The van der Waals surface area contributed by atoms with Gasteiger partial charge in [-0.15, -0.1) is 0 Å². The van der Waals surface area contributed by atoms with E-state index in [9.17, 15) is 9.59 Å². The van der Waals surface area contributed by atoms with Crippen molar-refractivity contribution in [2.24, 2.45) is 0 Å². The van der Waals surface area contributed by atoms with Crippen molar-refractivity contribution in [3.05, 3.63) is 58.6 Å². The molecule has 7 heteroatoms. The first-order valence-electron chi connectivity index (χ1n) is 9.90. The molecule has 6 nitrogen and oxygen atoms in total. The summed E-state index contributed by atoms with van der Waals surface area (Å²) in [6.07, 6.45) is 1.00. The average molecular weight is 432 g/mol. The summed E-state index contributed by atoms with van der Waals surface area (Å²) >= 11 is 6.04. The maximum Gasteiger partial charge on any atom is 0.341 e. The van der Waals surface area contributed by atoms with E-state index in [1.165, 1.54) is 7.11 Å². The van der Waals surface area contributed by atoms with Crippen LogP contribution in [0.25, 0.3) is 0 Å². The lowest BCUT2D eigenvalue weighted by molar-refractivity contribution is -0.125. The summed E-state index contributed by atoms with van der Waals surface area (Å²) < 4.78 is 16.1. The fourth-order valence-corrected chi connectivity index (χ4v) is 3.75. The molecular weight excluding hydrogens is 406 g/mol. The number of halogens is 1. The number of carbonyl (C=O) groups is 2. The fourth-order valence-electron chi connectivity index (χ4n) is 3.62. The molecule has 0 saturated carbocycles. The molecule has 1 fully saturated rings. The summed E-state index contributed by atoms with van der Waals surface area (Å²) in [4.78, 5) is 25.7. The number of nitrogens with one attached hydrogen (secondary N) is 1. The third kappa shape index (κ3) is 4.77. The number of amides is 1. The number of rotatable bonds is 6. The van der Waals surface area contributed by atoms with Crippen molar-refractivity contribution >= 4 is 29.2 Å². The van der Waals surface area contributed by atoms with E-state index in [0.29, 0.717) is 42.5 Å². The Morgan fingerprint density at radius 3 is 2.37 bits per heavy atom. The quantitative estimate of drug-likeness (QED) is 0.676. The summed E-state index contributed by atoms with van der Waals surface area (Å²) in [5.41, 5.74) is 0.912. The molecule has 1 amide bonds. The van der Waals surface area contributed by atoms with Crippen LogP contribution in [0.15, 0.2) is 42.5 Å². The molecule has 0 bridgehead atoms. The highest BCUT2D eigenvalue weighted by molar-refractivity contribution is 6.30. The number of ether oxygens (including phenoxy) is 3. The van der Waals surface area contributed by atoms with Gasteiger partial charge < -0.3 is 19.5 Å². The first-order valence-corrected chi connectivity index (χ1v) is 10.3. The van der Waals surface area contributed by atoms with Crippen LogP contribution in [0.5, 0.6) is 5.75 Å². The maximum atomic E-state index is 13.4. The number of benzene rings is 2. The number of esters is 1. The van der Waals surface area contributed by atoms with Crippen molar-refractivity contribution in [2.75, 3.05) is 25.6 Å². The largest absolute Gasteiger partial charge is 0.490 e. The molecule has 3 rings (SSSR count). The van der Waals surface area contributed by atoms with Crippen molar-refractivity contribution in [2.45, 2.75) is 38.2 Å². The molecule has 1 N–H and O–H groups in total. The molecule has 160 valence electrons. The monoisotopic (exact) mass is 431 g/mol. The van der Waals surface area contributed by atoms with Gasteiger partial charge in [0.15, 0.2) is 0 Å². The summed E-state index contributed by atoms with van der Waals surface area (Å²) in [7, 11) is 1.31. The first kappa shape index (κ1) is 22.1. The van der Waals surface area contributed by atoms with Crippen molar-refractivity contribution in [3.8, 4) is 5.75 Å². The van der Waals surface area contributed by atoms with Gasteiger partial charge in [0.05, 0.1) is 18.6 Å². The molecule has 0 radical (unpaired) electrons. The maximum absolute atomic E-state index is 13.4. The summed E-state index contributed by atoms with van der Waals surface area (Å²) in [6.45, 7) is 4.73. The smallest absolute Gasteiger partial charge is 0.341 e. The third-order valence-electron chi connectivity index (χ3n) is 5.18. The Morgan fingerprint density at radius 1 is 1.10 bits per heavy atom. The molecule has 1 saturated heterocycles. The van der Waals surface area contributed by atoms with Crippen molar-refractivity contribution < 1.29 is 23.8 Å². The minimum Gasteiger partial charge on any atom is -0.490 e. The number of anilines is 1. The van der Waals surface area contributed by atoms with E-state index < -0.39 is 11.4 Å². The van der Waals surface area contributed by atoms with Gasteiger partial charge in [0.2, 0.25) is 5.91 Å². The lowest BCUT2D eigenvalue weighted by atomic mass is 9.73. The lowest BCUT2D eigenvalue weighted by Crippen LogP contribution is -2.44. The van der Waals surface area contributed by atoms with E-state index in [2.05, 4.69) is 5.32 Å². The summed E-state index contributed by atoms with van der Waals surface area (Å²) in [5, 5.41) is 3.59. The fraction of sp³-hybridized carbons (Fsp3) is 0.391. The van der Waals surface area contributed by atoms with Gasteiger partial charge in [-0.1, -0.05) is 23.7 Å². The van der Waals surface area contributed by atoms with Crippen LogP contribution in [-0.4, -0.2) is 38.3 Å². The second-order valence-electron chi connectivity index (χ2n) is 7.52. The predicted molar refractivity (Wildman–Crippen MR) is 115 cm³/mol. The van der Waals surface area contributed by atoms with Gasteiger partial charge >= 0.3 is 5.97 Å². The van der Waals surface area contributed by atoms with Crippen molar-refractivity contribution in [1.82, 2.24) is 0 Å². The second kappa shape index (κ2) is 9.49. The van der Waals surface area contributed by atoms with Crippen LogP contribution in [0.3, 0.4) is 0 Å². The Labute approximate surface area is 181 Å². The molecular formula is C23H26ClNO5. The van der Waals surface area contributed by atoms with Gasteiger partial charge in [-0.3, -0.25) is 4.79 Å². The topological polar surface area (TPSA) is 73.9 Å². The number of hydrogen-bond donors (Lipinski definition) is 1. The van der Waals surface area contributed by atoms with Gasteiger partial charge in [-0.25, -0.2) is 4.79 Å². The van der Waals surface area contributed by atoms with Gasteiger partial charge in [0, 0.05) is 23.9 Å². The molecule has 30 heavy (non-hydrogen) atoms. The zero-order valence-electron chi connectivity index (χ0n) is 17.4. The van der Waals surface area contributed by atoms with Crippen molar-refractivity contribution in [3.63, 3.8) is 0 Å². The van der Waals surface area contributed by atoms with Crippen LogP contribution >= 0.6 is 11.6 Å². The van der Waals surface area contributed by atoms with Gasteiger partial charge in [0.25, 0.3) is 0 Å². The van der Waals surface area contributed by atoms with Crippen LogP contribution < -0.4 is 10.1 Å². The molecule has 2 aromatic rings. The molecule has 0 aromatic heterocycles. The van der Waals surface area contributed by atoms with Crippen molar-refractivity contribution in [1.29, 1.82) is 0 Å². The lowest BCUT2D eigenvalue weighted by Gasteiger charge is -2.36. The molecule has 1 aliphatic heterocycles. The Morgan fingerprint density at radius 2 is 1.77 bits per heavy atom. The number of carbonyl (C=O) groups excluding carboxylic acids is 2. The summed E-state index contributed by atoms with van der Waals surface area (Å²) in [5.74, 6) is -0.268. The van der Waals surface area contributed by atoms with Gasteiger partial charge in [-0.05, 0) is 62.6 Å². The Kier molecular flexibility index (Phi) is 7.00. The molecule has 1 aliphatic rings. The highest BCUT2D eigenvalue weighted by Gasteiger charge is 2.41. The summed E-state index contributed by atoms with van der Waals surface area (Å²) in [6, 6.07) is 12.3. The average Bonchev–Trinajstić information content (AvgIpc) is 2.74. The zero-order chi connectivity index (χ0) is 21.7. The SMILES string of the molecule is COC(=O)c1cc(NC(=O)C2(c3ccc(Cl)cc3)CCOCC2)ccc1OC(C)C. The predicted octanol–water partition coefficient (Wildman–Crippen LogP) is 4.60. The Balaban J connectivity index is 1.92. The van der Waals surface area contributed by atoms with Gasteiger partial charge in [0.1, 0.15) is 11.3 Å². The van der Waals surface area contributed by atoms with E-state index in [4.69, 9.17) is 25.8 Å². The Bertz CT molecular complexity index is 904. The molecule has 2 aromatic carbocycles. The van der Waals surface area contributed by atoms with E-state index in [1.54, 1.807) is 30.3 Å². The normalized spacial score (nSPS) is 15.5.